The predicted octanol–water partition coefficient (Wildman–Crippen LogP) is 3.76. The second kappa shape index (κ2) is 9.96. The first-order valence-electron chi connectivity index (χ1n) is 8.43. The van der Waals surface area contributed by atoms with Crippen molar-refractivity contribution in [2.75, 3.05) is 26.8 Å². The minimum Gasteiger partial charge on any atom is -0.383 e. The van der Waals surface area contributed by atoms with Gasteiger partial charge in [-0.15, -0.1) is 0 Å². The lowest BCUT2D eigenvalue weighted by atomic mass is 10.2. The van der Waals surface area contributed by atoms with Gasteiger partial charge in [-0.2, -0.15) is 0 Å². The first-order chi connectivity index (χ1) is 11.7. The summed E-state index contributed by atoms with van der Waals surface area (Å²) in [4.78, 5) is 11.3. The molecule has 0 fully saturated rings. The van der Waals surface area contributed by atoms with E-state index in [-0.39, 0.29) is 0 Å². The van der Waals surface area contributed by atoms with Crippen LogP contribution >= 0.6 is 0 Å². The molecule has 1 heterocycles. The Morgan fingerprint density at radius 3 is 2.67 bits per heavy atom. The van der Waals surface area contributed by atoms with Crippen LogP contribution in [0.3, 0.4) is 0 Å². The Bertz CT molecular complexity index is 626. The van der Waals surface area contributed by atoms with E-state index >= 15 is 0 Å². The van der Waals surface area contributed by atoms with Crippen LogP contribution in [0.15, 0.2) is 48.7 Å². The van der Waals surface area contributed by atoms with Crippen LogP contribution < -0.4 is 0 Å². The maximum Gasteiger partial charge on any atom is 0.131 e. The van der Waals surface area contributed by atoms with E-state index in [2.05, 4.69) is 65.1 Å². The molecular formula is C20H27N3O. The smallest absolute Gasteiger partial charge is 0.131 e. The lowest BCUT2D eigenvalue weighted by molar-refractivity contribution is 0.150. The largest absolute Gasteiger partial charge is 0.383 e. The lowest BCUT2D eigenvalue weighted by Crippen LogP contribution is -2.27. The number of methoxy groups -OCH3 is 1. The zero-order valence-electron chi connectivity index (χ0n) is 14.9. The Labute approximate surface area is 145 Å². The third kappa shape index (κ3) is 6.22. The number of aromatic nitrogens is 2. The lowest BCUT2D eigenvalue weighted by Gasteiger charge is -2.20. The molecule has 24 heavy (non-hydrogen) atoms. The highest BCUT2D eigenvalue weighted by Gasteiger charge is 2.08. The van der Waals surface area contributed by atoms with Crippen molar-refractivity contribution < 1.29 is 4.74 Å². The fourth-order valence-electron chi connectivity index (χ4n) is 2.37. The average molecular weight is 325 g/mol. The monoisotopic (exact) mass is 325 g/mol. The van der Waals surface area contributed by atoms with Crippen LogP contribution in [0.1, 0.15) is 36.8 Å². The highest BCUT2D eigenvalue weighted by molar-refractivity contribution is 5.48. The number of rotatable bonds is 9. The molecule has 4 heteroatoms. The van der Waals surface area contributed by atoms with Gasteiger partial charge in [0.05, 0.1) is 12.3 Å². The Kier molecular flexibility index (Phi) is 7.59. The predicted molar refractivity (Wildman–Crippen MR) is 98.8 cm³/mol. The molecule has 0 aliphatic heterocycles. The number of hydrogen-bond donors (Lipinski definition) is 0. The van der Waals surface area contributed by atoms with E-state index in [1.165, 1.54) is 5.56 Å². The first kappa shape index (κ1) is 18.3. The van der Waals surface area contributed by atoms with Crippen molar-refractivity contribution in [2.24, 2.45) is 0 Å². The second-order valence-electron chi connectivity index (χ2n) is 6.10. The molecule has 0 aliphatic rings. The van der Waals surface area contributed by atoms with Crippen LogP contribution in [-0.4, -0.2) is 41.7 Å². The number of ether oxygens (including phenoxy) is 1. The van der Waals surface area contributed by atoms with Gasteiger partial charge in [0, 0.05) is 38.9 Å². The Hall–Kier alpha value is -2.04. The molecule has 1 aromatic carbocycles. The van der Waals surface area contributed by atoms with Gasteiger partial charge >= 0.3 is 0 Å². The molecule has 2 aromatic rings. The SMILES string of the molecule is COCCN(C/C=C/c1ccccc1)Cc1ccnc(C(C)C)n1. The average Bonchev–Trinajstić information content (AvgIpc) is 2.60. The third-order valence-electron chi connectivity index (χ3n) is 3.72. The Morgan fingerprint density at radius 1 is 1.17 bits per heavy atom. The van der Waals surface area contributed by atoms with Crippen molar-refractivity contribution in [3.8, 4) is 0 Å². The highest BCUT2D eigenvalue weighted by Crippen LogP contribution is 2.10. The van der Waals surface area contributed by atoms with Gasteiger partial charge in [-0.25, -0.2) is 9.97 Å². The maximum absolute atomic E-state index is 5.24. The van der Waals surface area contributed by atoms with Gasteiger partial charge in [0.1, 0.15) is 5.82 Å². The molecule has 0 saturated carbocycles. The number of benzene rings is 1. The summed E-state index contributed by atoms with van der Waals surface area (Å²) in [5.74, 6) is 1.24. The van der Waals surface area contributed by atoms with E-state index in [4.69, 9.17) is 4.74 Å². The number of hydrogen-bond acceptors (Lipinski definition) is 4. The molecule has 2 rings (SSSR count). The minimum absolute atomic E-state index is 0.343. The fraction of sp³-hybridized carbons (Fsp3) is 0.400. The molecule has 0 radical (unpaired) electrons. The summed E-state index contributed by atoms with van der Waals surface area (Å²) in [5.41, 5.74) is 2.27. The van der Waals surface area contributed by atoms with E-state index < -0.39 is 0 Å². The molecule has 1 aromatic heterocycles. The summed E-state index contributed by atoms with van der Waals surface area (Å²) in [6.45, 7) is 7.47. The van der Waals surface area contributed by atoms with E-state index in [1.807, 2.05) is 18.3 Å². The maximum atomic E-state index is 5.24. The van der Waals surface area contributed by atoms with Gasteiger partial charge in [-0.05, 0) is 11.6 Å². The number of nitrogens with zero attached hydrogens (tertiary/aromatic N) is 3. The summed E-state index contributed by atoms with van der Waals surface area (Å²) in [7, 11) is 1.74. The van der Waals surface area contributed by atoms with Crippen LogP contribution in [-0.2, 0) is 11.3 Å². The van der Waals surface area contributed by atoms with Gasteiger partial charge in [0.15, 0.2) is 0 Å². The molecule has 0 aliphatic carbocycles. The van der Waals surface area contributed by atoms with Crippen LogP contribution in [0.5, 0.6) is 0 Å². The van der Waals surface area contributed by atoms with Crippen molar-refractivity contribution in [1.29, 1.82) is 0 Å². The van der Waals surface area contributed by atoms with Crippen LogP contribution in [0.4, 0.5) is 0 Å². The van der Waals surface area contributed by atoms with Crippen molar-refractivity contribution in [3.05, 3.63) is 65.8 Å². The Balaban J connectivity index is 1.99. The molecule has 4 nitrogen and oxygen atoms in total. The topological polar surface area (TPSA) is 38.2 Å². The van der Waals surface area contributed by atoms with E-state index in [1.54, 1.807) is 7.11 Å². The quantitative estimate of drug-likeness (QED) is 0.703. The summed E-state index contributed by atoms with van der Waals surface area (Å²) in [6.07, 6.45) is 6.20. The molecule has 0 spiro atoms. The van der Waals surface area contributed by atoms with Crippen molar-refractivity contribution >= 4 is 6.08 Å². The second-order valence-corrected chi connectivity index (χ2v) is 6.10. The van der Waals surface area contributed by atoms with Gasteiger partial charge < -0.3 is 4.74 Å². The molecule has 0 unspecified atom stereocenters. The van der Waals surface area contributed by atoms with E-state index in [9.17, 15) is 0 Å². The highest BCUT2D eigenvalue weighted by atomic mass is 16.5. The van der Waals surface area contributed by atoms with Crippen LogP contribution in [0, 0.1) is 0 Å². The van der Waals surface area contributed by atoms with Gasteiger partial charge in [0.25, 0.3) is 0 Å². The summed E-state index contributed by atoms with van der Waals surface area (Å²) >= 11 is 0. The summed E-state index contributed by atoms with van der Waals surface area (Å²) in [5, 5.41) is 0. The zero-order valence-corrected chi connectivity index (χ0v) is 14.9. The summed E-state index contributed by atoms with van der Waals surface area (Å²) in [6, 6.07) is 12.3. The van der Waals surface area contributed by atoms with Gasteiger partial charge in [-0.1, -0.05) is 56.3 Å². The fourth-order valence-corrected chi connectivity index (χ4v) is 2.37. The van der Waals surface area contributed by atoms with Crippen molar-refractivity contribution in [1.82, 2.24) is 14.9 Å². The third-order valence-corrected chi connectivity index (χ3v) is 3.72. The molecule has 0 bridgehead atoms. The van der Waals surface area contributed by atoms with Gasteiger partial charge in [0.2, 0.25) is 0 Å². The van der Waals surface area contributed by atoms with Crippen LogP contribution in [0.25, 0.3) is 6.08 Å². The van der Waals surface area contributed by atoms with Crippen LogP contribution in [0.2, 0.25) is 0 Å². The van der Waals surface area contributed by atoms with Crippen molar-refractivity contribution in [3.63, 3.8) is 0 Å². The molecular weight excluding hydrogens is 298 g/mol. The normalized spacial score (nSPS) is 11.7. The van der Waals surface area contributed by atoms with E-state index in [0.29, 0.717) is 12.5 Å². The first-order valence-corrected chi connectivity index (χ1v) is 8.43. The van der Waals surface area contributed by atoms with E-state index in [0.717, 1.165) is 31.2 Å². The van der Waals surface area contributed by atoms with Crippen molar-refractivity contribution in [2.45, 2.75) is 26.3 Å². The summed E-state index contributed by atoms with van der Waals surface area (Å²) < 4.78 is 5.24. The molecule has 128 valence electrons. The minimum atomic E-state index is 0.343. The standard InChI is InChI=1S/C20H27N3O/c1-17(2)20-21-12-11-19(22-20)16-23(14-15-24-3)13-7-10-18-8-5-4-6-9-18/h4-12,17H,13-16H2,1-3H3/b10-7+. The Morgan fingerprint density at radius 2 is 1.96 bits per heavy atom. The van der Waals surface area contributed by atoms with Gasteiger partial charge in [-0.3, -0.25) is 4.90 Å². The molecule has 0 saturated heterocycles. The molecule has 0 N–H and O–H groups in total. The molecule has 0 atom stereocenters. The zero-order chi connectivity index (χ0) is 17.2. The molecule has 0 amide bonds.